The molecule has 0 bridgehead atoms. The van der Waals surface area contributed by atoms with Crippen molar-refractivity contribution in [1.82, 2.24) is 4.98 Å². The molecule has 1 N–H and O–H groups in total. The van der Waals surface area contributed by atoms with E-state index < -0.39 is 0 Å². The van der Waals surface area contributed by atoms with Gasteiger partial charge in [-0.15, -0.1) is 0 Å². The highest BCUT2D eigenvalue weighted by atomic mass is 35.5. The summed E-state index contributed by atoms with van der Waals surface area (Å²) in [5.41, 5.74) is 0. The van der Waals surface area contributed by atoms with Crippen LogP contribution >= 0.6 is 22.9 Å². The Morgan fingerprint density at radius 2 is 2.40 bits per heavy atom. The van der Waals surface area contributed by atoms with Crippen molar-refractivity contribution in [2.24, 2.45) is 0 Å². The smallest absolute Gasteiger partial charge is 0.187 e. The van der Waals surface area contributed by atoms with Gasteiger partial charge in [-0.2, -0.15) is 0 Å². The van der Waals surface area contributed by atoms with Crippen LogP contribution in [0, 0.1) is 0 Å². The first-order chi connectivity index (χ1) is 7.26. The van der Waals surface area contributed by atoms with Gasteiger partial charge in [-0.3, -0.25) is 4.79 Å². The Balaban J connectivity index is 2.20. The van der Waals surface area contributed by atoms with Crippen molar-refractivity contribution >= 4 is 34.4 Å². The second-order valence-corrected chi connectivity index (χ2v) is 4.78. The lowest BCUT2D eigenvalue weighted by Crippen LogP contribution is -2.28. The molecule has 82 valence electrons. The fraction of sp³-hybridized carbons (Fsp3) is 0.556. The van der Waals surface area contributed by atoms with Gasteiger partial charge in [0, 0.05) is 12.6 Å². The van der Waals surface area contributed by atoms with E-state index >= 15 is 0 Å². The van der Waals surface area contributed by atoms with Crippen LogP contribution in [0.1, 0.15) is 22.5 Å². The third-order valence-corrected chi connectivity index (χ3v) is 3.70. The number of hydrogen-bond donors (Lipinski definition) is 1. The Labute approximate surface area is 96.5 Å². The molecule has 0 saturated heterocycles. The van der Waals surface area contributed by atoms with Gasteiger partial charge in [0.1, 0.15) is 4.88 Å². The number of halogens is 1. The van der Waals surface area contributed by atoms with Gasteiger partial charge in [-0.1, -0.05) is 22.9 Å². The maximum atomic E-state index is 10.6. The third-order valence-electron chi connectivity index (χ3n) is 2.28. The molecule has 1 aromatic heterocycles. The lowest BCUT2D eigenvalue weighted by atomic mass is 10.5. The number of thiazole rings is 1. The molecule has 0 aliphatic heterocycles. The first kappa shape index (κ1) is 10.9. The largest absolute Gasteiger partial charge is 0.395 e. The Bertz CT molecular complexity index is 365. The number of hydrogen-bond acceptors (Lipinski definition) is 5. The topological polar surface area (TPSA) is 53.4 Å². The van der Waals surface area contributed by atoms with Crippen molar-refractivity contribution in [1.29, 1.82) is 0 Å². The molecule has 1 aromatic rings. The third kappa shape index (κ3) is 2.30. The number of aliphatic hydroxyl groups is 1. The van der Waals surface area contributed by atoms with Crippen LogP contribution in [0.2, 0.25) is 5.15 Å². The first-order valence-corrected chi connectivity index (χ1v) is 5.94. The summed E-state index contributed by atoms with van der Waals surface area (Å²) in [5, 5.41) is 9.93. The van der Waals surface area contributed by atoms with E-state index in [1.807, 2.05) is 4.90 Å². The lowest BCUT2D eigenvalue weighted by Gasteiger charge is -2.19. The van der Waals surface area contributed by atoms with Gasteiger partial charge < -0.3 is 10.0 Å². The zero-order valence-electron chi connectivity index (χ0n) is 8.02. The number of nitrogens with zero attached hydrogens (tertiary/aromatic N) is 2. The minimum Gasteiger partial charge on any atom is -0.395 e. The van der Waals surface area contributed by atoms with Gasteiger partial charge in [-0.05, 0) is 12.8 Å². The zero-order chi connectivity index (χ0) is 10.8. The molecule has 1 aliphatic rings. The monoisotopic (exact) mass is 246 g/mol. The molecule has 15 heavy (non-hydrogen) atoms. The highest BCUT2D eigenvalue weighted by Crippen LogP contribution is 2.35. The Kier molecular flexibility index (Phi) is 3.23. The van der Waals surface area contributed by atoms with E-state index in [1.54, 1.807) is 0 Å². The minimum absolute atomic E-state index is 0.0874. The number of carbonyl (C=O) groups excluding carboxylic acids is 1. The molecule has 1 heterocycles. The van der Waals surface area contributed by atoms with Gasteiger partial charge >= 0.3 is 0 Å². The Morgan fingerprint density at radius 1 is 1.67 bits per heavy atom. The van der Waals surface area contributed by atoms with Gasteiger partial charge in [0.25, 0.3) is 0 Å². The van der Waals surface area contributed by atoms with E-state index in [0.717, 1.165) is 18.0 Å². The number of carbonyl (C=O) groups is 1. The maximum absolute atomic E-state index is 10.6. The molecule has 6 heteroatoms. The predicted octanol–water partition coefficient (Wildman–Crippen LogP) is 1.57. The normalized spacial score (nSPS) is 15.3. The van der Waals surface area contributed by atoms with Gasteiger partial charge in [0.05, 0.1) is 6.61 Å². The van der Waals surface area contributed by atoms with Gasteiger partial charge in [0.2, 0.25) is 0 Å². The SMILES string of the molecule is O=Cc1sc(N(CCO)C2CC2)nc1Cl. The second kappa shape index (κ2) is 4.47. The standard InChI is InChI=1S/C9H11ClN2O2S/c10-8-7(5-14)15-9(11-8)12(3-4-13)6-1-2-6/h5-6,13H,1-4H2. The van der Waals surface area contributed by atoms with Gasteiger partial charge in [-0.25, -0.2) is 4.98 Å². The van der Waals surface area contributed by atoms with Crippen LogP contribution in [-0.4, -0.2) is 35.6 Å². The average molecular weight is 247 g/mol. The van der Waals surface area contributed by atoms with E-state index in [1.165, 1.54) is 11.3 Å². The molecule has 1 fully saturated rings. The van der Waals surface area contributed by atoms with E-state index in [0.29, 0.717) is 23.7 Å². The quantitative estimate of drug-likeness (QED) is 0.802. The van der Waals surface area contributed by atoms with Crippen molar-refractivity contribution in [3.8, 4) is 0 Å². The van der Waals surface area contributed by atoms with Crippen LogP contribution in [0.3, 0.4) is 0 Å². The molecule has 1 aliphatic carbocycles. The molecule has 0 aromatic carbocycles. The highest BCUT2D eigenvalue weighted by Gasteiger charge is 2.31. The van der Waals surface area contributed by atoms with Crippen LogP contribution in [0.25, 0.3) is 0 Å². The number of anilines is 1. The summed E-state index contributed by atoms with van der Waals surface area (Å²) >= 11 is 7.07. The molecule has 4 nitrogen and oxygen atoms in total. The lowest BCUT2D eigenvalue weighted by molar-refractivity contribution is 0.112. The molecule has 0 atom stereocenters. The zero-order valence-corrected chi connectivity index (χ0v) is 9.59. The summed E-state index contributed by atoms with van der Waals surface area (Å²) in [7, 11) is 0. The van der Waals surface area contributed by atoms with Crippen LogP contribution in [0.15, 0.2) is 0 Å². The summed E-state index contributed by atoms with van der Waals surface area (Å²) in [4.78, 5) is 17.2. The van der Waals surface area contributed by atoms with Crippen LogP contribution in [0.4, 0.5) is 5.13 Å². The minimum atomic E-state index is 0.0874. The summed E-state index contributed by atoms with van der Waals surface area (Å²) in [5.74, 6) is 0. The maximum Gasteiger partial charge on any atom is 0.187 e. The molecule has 0 spiro atoms. The molecule has 1 saturated carbocycles. The molecule has 2 rings (SSSR count). The second-order valence-electron chi connectivity index (χ2n) is 3.42. The molecular weight excluding hydrogens is 236 g/mol. The highest BCUT2D eigenvalue weighted by molar-refractivity contribution is 7.17. The molecule has 0 radical (unpaired) electrons. The Hall–Kier alpha value is -0.650. The van der Waals surface area contributed by atoms with Crippen molar-refractivity contribution in [3.63, 3.8) is 0 Å². The summed E-state index contributed by atoms with van der Waals surface area (Å²) in [6.07, 6.45) is 2.95. The van der Waals surface area contributed by atoms with E-state index in [9.17, 15) is 4.79 Å². The predicted molar refractivity (Wildman–Crippen MR) is 60.0 cm³/mol. The fourth-order valence-electron chi connectivity index (χ4n) is 1.43. The van der Waals surface area contributed by atoms with Crippen molar-refractivity contribution < 1.29 is 9.90 Å². The fourth-order valence-corrected chi connectivity index (χ4v) is 2.59. The average Bonchev–Trinajstić information content (AvgIpc) is 2.99. The number of aromatic nitrogens is 1. The number of rotatable bonds is 5. The number of aldehydes is 1. The van der Waals surface area contributed by atoms with Crippen molar-refractivity contribution in [3.05, 3.63) is 10.0 Å². The van der Waals surface area contributed by atoms with Crippen LogP contribution in [0.5, 0.6) is 0 Å². The molecule has 0 unspecified atom stereocenters. The van der Waals surface area contributed by atoms with Crippen LogP contribution in [-0.2, 0) is 0 Å². The summed E-state index contributed by atoms with van der Waals surface area (Å²) in [6.45, 7) is 0.636. The van der Waals surface area contributed by atoms with E-state index in [-0.39, 0.29) is 11.8 Å². The summed E-state index contributed by atoms with van der Waals surface area (Å²) in [6, 6.07) is 0.457. The Morgan fingerprint density at radius 3 is 2.87 bits per heavy atom. The molecular formula is C9H11ClN2O2S. The number of aliphatic hydroxyl groups excluding tert-OH is 1. The van der Waals surface area contributed by atoms with Crippen molar-refractivity contribution in [2.45, 2.75) is 18.9 Å². The summed E-state index contributed by atoms with van der Waals surface area (Å²) < 4.78 is 0. The van der Waals surface area contributed by atoms with Crippen LogP contribution < -0.4 is 4.90 Å². The van der Waals surface area contributed by atoms with E-state index in [4.69, 9.17) is 16.7 Å². The molecule has 0 amide bonds. The van der Waals surface area contributed by atoms with Crippen molar-refractivity contribution in [2.75, 3.05) is 18.1 Å². The van der Waals surface area contributed by atoms with E-state index in [2.05, 4.69) is 4.98 Å². The first-order valence-electron chi connectivity index (χ1n) is 4.75. The van der Waals surface area contributed by atoms with Gasteiger partial charge in [0.15, 0.2) is 16.6 Å².